The molecule has 0 spiro atoms. The molecular weight excluding hydrogens is 502 g/mol. The second-order valence-corrected chi connectivity index (χ2v) is 10.9. The minimum atomic E-state index is -0.197. The Labute approximate surface area is 228 Å². The van der Waals surface area contributed by atoms with Crippen molar-refractivity contribution >= 4 is 28.1 Å². The molecule has 0 aliphatic carbocycles. The first-order chi connectivity index (χ1) is 18.3. The highest BCUT2D eigenvalue weighted by Gasteiger charge is 2.25. The molecule has 0 amide bonds. The fourth-order valence-corrected chi connectivity index (χ4v) is 5.26. The van der Waals surface area contributed by atoms with E-state index in [-0.39, 0.29) is 5.41 Å². The molecule has 3 aromatic heterocycles. The zero-order valence-electron chi connectivity index (χ0n) is 23.3. The van der Waals surface area contributed by atoms with Gasteiger partial charge >= 0.3 is 0 Å². The average Bonchev–Trinajstić information content (AvgIpc) is 3.62. The Morgan fingerprint density at radius 2 is 1.82 bits per heavy atom. The van der Waals surface area contributed by atoms with E-state index < -0.39 is 0 Å². The largest absolute Gasteiger partial charge is 0.497 e. The summed E-state index contributed by atoms with van der Waals surface area (Å²) in [6, 6.07) is 9.93. The van der Waals surface area contributed by atoms with Gasteiger partial charge in [-0.25, -0.2) is 0 Å². The van der Waals surface area contributed by atoms with Crippen LogP contribution < -0.4 is 19.6 Å². The van der Waals surface area contributed by atoms with Crippen molar-refractivity contribution in [3.63, 3.8) is 0 Å². The number of likely N-dealkylation sites (N-methyl/N-ethyl adjacent to an activating group) is 1. The molecule has 0 unspecified atom stereocenters. The van der Waals surface area contributed by atoms with Crippen LogP contribution in [-0.2, 0) is 14.9 Å². The zero-order chi connectivity index (χ0) is 27.3. The third-order valence-corrected chi connectivity index (χ3v) is 7.32. The average molecular weight is 540 g/mol. The van der Waals surface area contributed by atoms with Crippen LogP contribution in [0, 0.1) is 0 Å². The summed E-state index contributed by atoms with van der Waals surface area (Å²) in [5.41, 5.74) is 2.24. The monoisotopic (exact) mass is 539 g/mol. The predicted molar refractivity (Wildman–Crippen MR) is 152 cm³/mol. The van der Waals surface area contributed by atoms with Gasteiger partial charge in [-0.05, 0) is 43.3 Å². The summed E-state index contributed by atoms with van der Waals surface area (Å²) < 4.78 is 23.6. The lowest BCUT2D eigenvalue weighted by Gasteiger charge is -2.20. The SMILES string of the molecule is CCN(CCOCCOC)c1ccc(/C=c2/c(C(C)(C)C)nn3c(-c4cc(OC)ccc4OC)nnc23)s1. The Bertz CT molecular complexity index is 1410. The highest BCUT2D eigenvalue weighted by molar-refractivity contribution is 7.16. The Hall–Kier alpha value is -3.21. The van der Waals surface area contributed by atoms with Crippen LogP contribution in [0.4, 0.5) is 5.00 Å². The van der Waals surface area contributed by atoms with Crippen molar-refractivity contribution in [2.24, 2.45) is 0 Å². The van der Waals surface area contributed by atoms with E-state index in [1.54, 1.807) is 32.7 Å². The molecule has 0 aliphatic heterocycles. The predicted octanol–water partition coefficient (Wildman–Crippen LogP) is 4.20. The number of thiophene rings is 1. The lowest BCUT2D eigenvalue weighted by atomic mass is 9.91. The van der Waals surface area contributed by atoms with Crippen LogP contribution in [0.3, 0.4) is 0 Å². The lowest BCUT2D eigenvalue weighted by molar-refractivity contribution is 0.0741. The molecule has 4 rings (SSSR count). The maximum atomic E-state index is 5.68. The molecular formula is C28H37N5O4S. The van der Waals surface area contributed by atoms with Crippen molar-refractivity contribution in [1.29, 1.82) is 0 Å². The van der Waals surface area contributed by atoms with Crippen LogP contribution in [0.2, 0.25) is 0 Å². The Morgan fingerprint density at radius 3 is 2.50 bits per heavy atom. The van der Waals surface area contributed by atoms with E-state index in [0.29, 0.717) is 42.8 Å². The van der Waals surface area contributed by atoms with Gasteiger partial charge in [0, 0.05) is 35.7 Å². The number of rotatable bonds is 12. The molecule has 204 valence electrons. The van der Waals surface area contributed by atoms with Crippen molar-refractivity contribution in [3.8, 4) is 22.9 Å². The normalized spacial score (nSPS) is 12.4. The molecule has 0 fully saturated rings. The van der Waals surface area contributed by atoms with Gasteiger partial charge in [0.1, 0.15) is 11.5 Å². The number of nitrogens with zero attached hydrogens (tertiary/aromatic N) is 5. The number of aromatic nitrogens is 4. The number of hydrogen-bond donors (Lipinski definition) is 0. The Kier molecular flexibility index (Phi) is 8.86. The number of anilines is 1. The smallest absolute Gasteiger partial charge is 0.189 e. The van der Waals surface area contributed by atoms with Gasteiger partial charge in [0.25, 0.3) is 0 Å². The summed E-state index contributed by atoms with van der Waals surface area (Å²) in [4.78, 5) is 3.45. The molecule has 0 saturated carbocycles. The van der Waals surface area contributed by atoms with Crippen LogP contribution in [0.1, 0.15) is 38.3 Å². The van der Waals surface area contributed by atoms with Crippen LogP contribution in [0.25, 0.3) is 23.1 Å². The second kappa shape index (κ2) is 12.1. The topological polar surface area (TPSA) is 83.2 Å². The van der Waals surface area contributed by atoms with Crippen LogP contribution in [0.15, 0.2) is 30.3 Å². The summed E-state index contributed by atoms with van der Waals surface area (Å²) in [6.45, 7) is 12.2. The first-order valence-corrected chi connectivity index (χ1v) is 13.5. The van der Waals surface area contributed by atoms with E-state index in [1.165, 1.54) is 5.00 Å². The summed E-state index contributed by atoms with van der Waals surface area (Å²) in [5, 5.41) is 16.2. The molecule has 1 aromatic carbocycles. The molecule has 0 saturated heterocycles. The van der Waals surface area contributed by atoms with Gasteiger partial charge in [-0.2, -0.15) is 9.61 Å². The van der Waals surface area contributed by atoms with E-state index in [1.807, 2.05) is 22.7 Å². The van der Waals surface area contributed by atoms with Crippen molar-refractivity contribution in [2.75, 3.05) is 59.1 Å². The molecule has 0 N–H and O–H groups in total. The third kappa shape index (κ3) is 5.92. The van der Waals surface area contributed by atoms with Crippen LogP contribution >= 0.6 is 11.3 Å². The fraction of sp³-hybridized carbons (Fsp3) is 0.464. The van der Waals surface area contributed by atoms with Crippen molar-refractivity contribution in [3.05, 3.63) is 46.1 Å². The van der Waals surface area contributed by atoms with E-state index >= 15 is 0 Å². The molecule has 0 atom stereocenters. The first-order valence-electron chi connectivity index (χ1n) is 12.7. The summed E-state index contributed by atoms with van der Waals surface area (Å²) >= 11 is 1.74. The molecule has 4 aromatic rings. The van der Waals surface area contributed by atoms with Gasteiger partial charge in [0.15, 0.2) is 11.5 Å². The zero-order valence-corrected chi connectivity index (χ0v) is 24.1. The number of methoxy groups -OCH3 is 3. The van der Waals surface area contributed by atoms with E-state index in [2.05, 4.69) is 61.0 Å². The molecule has 0 radical (unpaired) electrons. The van der Waals surface area contributed by atoms with E-state index in [4.69, 9.17) is 24.0 Å². The third-order valence-electron chi connectivity index (χ3n) is 6.22. The van der Waals surface area contributed by atoms with Crippen molar-refractivity contribution < 1.29 is 18.9 Å². The van der Waals surface area contributed by atoms with Gasteiger partial charge in [0.2, 0.25) is 0 Å². The molecule has 0 aliphatic rings. The van der Waals surface area contributed by atoms with Gasteiger partial charge in [0.05, 0.1) is 50.3 Å². The highest BCUT2D eigenvalue weighted by atomic mass is 32.1. The van der Waals surface area contributed by atoms with E-state index in [0.717, 1.165) is 34.4 Å². The number of benzene rings is 1. The van der Waals surface area contributed by atoms with Gasteiger partial charge in [-0.3, -0.25) is 0 Å². The standard InChI is InChI=1S/C28H37N5O4S/c1-8-32(13-14-37-16-15-34-5)24-12-10-20(38-24)18-22-25(28(2,3)4)31-33-26(29-30-27(22)33)21-17-19(35-6)9-11-23(21)36-7/h9-12,17-18H,8,13-16H2,1-7H3/b22-18-. The second-order valence-electron chi connectivity index (χ2n) is 9.84. The molecule has 9 nitrogen and oxygen atoms in total. The van der Waals surface area contributed by atoms with Crippen molar-refractivity contribution in [2.45, 2.75) is 33.1 Å². The number of fused-ring (bicyclic) bond motifs is 1. The highest BCUT2D eigenvalue weighted by Crippen LogP contribution is 2.33. The van der Waals surface area contributed by atoms with Gasteiger partial charge < -0.3 is 23.8 Å². The molecule has 10 heteroatoms. The maximum Gasteiger partial charge on any atom is 0.189 e. The molecule has 0 bridgehead atoms. The molecule has 38 heavy (non-hydrogen) atoms. The van der Waals surface area contributed by atoms with Crippen LogP contribution in [0.5, 0.6) is 11.5 Å². The maximum absolute atomic E-state index is 5.68. The minimum Gasteiger partial charge on any atom is -0.497 e. The Morgan fingerprint density at radius 1 is 1.00 bits per heavy atom. The summed E-state index contributed by atoms with van der Waals surface area (Å²) in [5.74, 6) is 2.00. The van der Waals surface area contributed by atoms with E-state index in [9.17, 15) is 0 Å². The van der Waals surface area contributed by atoms with Gasteiger partial charge in [-0.1, -0.05) is 20.8 Å². The molecule has 3 heterocycles. The minimum absolute atomic E-state index is 0.197. The summed E-state index contributed by atoms with van der Waals surface area (Å²) in [6.07, 6.45) is 2.17. The van der Waals surface area contributed by atoms with Crippen molar-refractivity contribution in [1.82, 2.24) is 19.8 Å². The number of hydrogen-bond acceptors (Lipinski definition) is 9. The lowest BCUT2D eigenvalue weighted by Crippen LogP contribution is -2.26. The fourth-order valence-electron chi connectivity index (χ4n) is 4.22. The number of ether oxygens (including phenoxy) is 4. The van der Waals surface area contributed by atoms with Crippen LogP contribution in [-0.4, -0.2) is 74.1 Å². The quantitative estimate of drug-likeness (QED) is 0.248. The summed E-state index contributed by atoms with van der Waals surface area (Å²) in [7, 11) is 4.96. The first kappa shape index (κ1) is 27.8. The Balaban J connectivity index is 1.73. The van der Waals surface area contributed by atoms with Gasteiger partial charge in [-0.15, -0.1) is 21.5 Å².